The second kappa shape index (κ2) is 10.2. The van der Waals surface area contributed by atoms with Crippen molar-refractivity contribution in [3.8, 4) is 11.5 Å². The fraction of sp³-hybridized carbons (Fsp3) is 0.0800. The first kappa shape index (κ1) is 23.0. The quantitative estimate of drug-likeness (QED) is 0.319. The molecule has 0 saturated carbocycles. The standard InChI is InChI=1S/C25H18ClNO4S2/c26-18-9-5-11-20(15-18)31-19-10-4-8-17(12-19)14-22-23(28)27(25(32)33-22)21(24(29)30)13-16-6-2-1-3-7-16/h1-12,14-15,21H,13H2,(H,29,30)/b22-14-. The van der Waals surface area contributed by atoms with Crippen LogP contribution in [0.2, 0.25) is 5.02 Å². The molecule has 5 nitrogen and oxygen atoms in total. The van der Waals surface area contributed by atoms with Crippen LogP contribution < -0.4 is 4.74 Å². The molecule has 0 spiro atoms. The molecule has 1 saturated heterocycles. The number of carbonyl (C=O) groups is 2. The molecule has 0 radical (unpaired) electrons. The van der Waals surface area contributed by atoms with Crippen LogP contribution in [0.25, 0.3) is 6.08 Å². The third-order valence-corrected chi connectivity index (χ3v) is 6.45. The maximum atomic E-state index is 13.1. The predicted molar refractivity (Wildman–Crippen MR) is 135 cm³/mol. The summed E-state index contributed by atoms with van der Waals surface area (Å²) in [5.74, 6) is -0.354. The molecule has 166 valence electrons. The fourth-order valence-corrected chi connectivity index (χ4v) is 4.90. The van der Waals surface area contributed by atoms with Crippen LogP contribution >= 0.6 is 35.6 Å². The molecular weight excluding hydrogens is 478 g/mol. The van der Waals surface area contributed by atoms with E-state index in [1.54, 1.807) is 42.5 Å². The number of halogens is 1. The summed E-state index contributed by atoms with van der Waals surface area (Å²) >= 11 is 12.5. The lowest BCUT2D eigenvalue weighted by Gasteiger charge is -2.23. The average Bonchev–Trinajstić information content (AvgIpc) is 3.05. The predicted octanol–water partition coefficient (Wildman–Crippen LogP) is 6.03. The third-order valence-electron chi connectivity index (χ3n) is 4.88. The van der Waals surface area contributed by atoms with Crippen LogP contribution in [0, 0.1) is 0 Å². The molecular formula is C25H18ClNO4S2. The van der Waals surface area contributed by atoms with E-state index in [0.29, 0.717) is 21.4 Å². The van der Waals surface area contributed by atoms with Crippen molar-refractivity contribution in [1.29, 1.82) is 0 Å². The summed E-state index contributed by atoms with van der Waals surface area (Å²) in [6.07, 6.45) is 1.85. The lowest BCUT2D eigenvalue weighted by molar-refractivity contribution is -0.145. The Morgan fingerprint density at radius 3 is 2.45 bits per heavy atom. The van der Waals surface area contributed by atoms with E-state index in [0.717, 1.165) is 22.9 Å². The lowest BCUT2D eigenvalue weighted by atomic mass is 10.0. The first-order valence-corrected chi connectivity index (χ1v) is 11.6. The number of nitrogens with zero attached hydrogens (tertiary/aromatic N) is 1. The van der Waals surface area contributed by atoms with Gasteiger partial charge in [0.25, 0.3) is 5.91 Å². The maximum Gasteiger partial charge on any atom is 0.327 e. The van der Waals surface area contributed by atoms with Gasteiger partial charge in [-0.25, -0.2) is 4.79 Å². The number of benzene rings is 3. The minimum Gasteiger partial charge on any atom is -0.480 e. The summed E-state index contributed by atoms with van der Waals surface area (Å²) in [5, 5.41) is 10.4. The van der Waals surface area contributed by atoms with E-state index < -0.39 is 17.9 Å². The molecule has 1 N–H and O–H groups in total. The number of carboxylic acids is 1. The number of thioether (sulfide) groups is 1. The molecule has 0 aromatic heterocycles. The Balaban J connectivity index is 1.55. The molecule has 0 bridgehead atoms. The molecule has 8 heteroatoms. The minimum atomic E-state index is -1.10. The van der Waals surface area contributed by atoms with Gasteiger partial charge in [-0.05, 0) is 47.5 Å². The smallest absolute Gasteiger partial charge is 0.327 e. The molecule has 1 amide bonds. The van der Waals surface area contributed by atoms with Crippen molar-refractivity contribution in [3.05, 3.63) is 99.9 Å². The Labute approximate surface area is 205 Å². The van der Waals surface area contributed by atoms with E-state index in [2.05, 4.69) is 0 Å². The first-order chi connectivity index (χ1) is 15.9. The van der Waals surface area contributed by atoms with Gasteiger partial charge in [0.05, 0.1) is 4.91 Å². The number of carbonyl (C=O) groups excluding carboxylic acids is 1. The molecule has 3 aromatic carbocycles. The monoisotopic (exact) mass is 495 g/mol. The molecule has 1 aliphatic rings. The number of rotatable bonds is 7. The Hall–Kier alpha value is -3.13. The first-order valence-electron chi connectivity index (χ1n) is 9.98. The fourth-order valence-electron chi connectivity index (χ4n) is 3.36. The van der Waals surface area contributed by atoms with Gasteiger partial charge in [0.2, 0.25) is 0 Å². The highest BCUT2D eigenvalue weighted by molar-refractivity contribution is 8.26. The number of amides is 1. The van der Waals surface area contributed by atoms with E-state index in [1.165, 1.54) is 4.90 Å². The van der Waals surface area contributed by atoms with E-state index >= 15 is 0 Å². The van der Waals surface area contributed by atoms with Crippen LogP contribution in [0.5, 0.6) is 11.5 Å². The summed E-state index contributed by atoms with van der Waals surface area (Å²) in [4.78, 5) is 26.6. The zero-order valence-corrected chi connectivity index (χ0v) is 19.6. The molecule has 1 unspecified atom stereocenters. The van der Waals surface area contributed by atoms with Gasteiger partial charge in [0.15, 0.2) is 0 Å². The number of carboxylic acid groups (broad SMARTS) is 1. The van der Waals surface area contributed by atoms with Crippen molar-refractivity contribution < 1.29 is 19.4 Å². The molecule has 1 aliphatic heterocycles. The van der Waals surface area contributed by atoms with E-state index in [4.69, 9.17) is 28.6 Å². The van der Waals surface area contributed by atoms with Crippen LogP contribution in [-0.2, 0) is 16.0 Å². The number of hydrogen-bond donors (Lipinski definition) is 1. The number of thiocarbonyl (C=S) groups is 1. The van der Waals surface area contributed by atoms with Gasteiger partial charge in [-0.3, -0.25) is 9.69 Å². The number of hydrogen-bond acceptors (Lipinski definition) is 5. The van der Waals surface area contributed by atoms with E-state index in [9.17, 15) is 14.7 Å². The van der Waals surface area contributed by atoms with Crippen LogP contribution in [0.15, 0.2) is 83.8 Å². The Morgan fingerprint density at radius 1 is 1.06 bits per heavy atom. The van der Waals surface area contributed by atoms with Crippen molar-refractivity contribution in [3.63, 3.8) is 0 Å². The van der Waals surface area contributed by atoms with Crippen molar-refractivity contribution in [2.24, 2.45) is 0 Å². The SMILES string of the molecule is O=C(O)C(Cc1ccccc1)N1C(=O)/C(=C/c2cccc(Oc3cccc(Cl)c3)c2)SC1=S. The molecule has 3 aromatic rings. The summed E-state index contributed by atoms with van der Waals surface area (Å²) in [7, 11) is 0. The Morgan fingerprint density at radius 2 is 1.76 bits per heavy atom. The summed E-state index contributed by atoms with van der Waals surface area (Å²) in [5.41, 5.74) is 1.54. The average molecular weight is 496 g/mol. The van der Waals surface area contributed by atoms with Gasteiger partial charge in [-0.15, -0.1) is 0 Å². The van der Waals surface area contributed by atoms with Crippen LogP contribution in [-0.4, -0.2) is 32.2 Å². The second-order valence-electron chi connectivity index (χ2n) is 7.23. The summed E-state index contributed by atoms with van der Waals surface area (Å²) in [6.45, 7) is 0. The molecule has 4 rings (SSSR count). The van der Waals surface area contributed by atoms with Crippen LogP contribution in [0.4, 0.5) is 0 Å². The molecule has 1 heterocycles. The highest BCUT2D eigenvalue weighted by Crippen LogP contribution is 2.35. The second-order valence-corrected chi connectivity index (χ2v) is 9.34. The normalized spacial score (nSPS) is 15.7. The Kier molecular flexibility index (Phi) is 7.13. The number of ether oxygens (including phenoxy) is 1. The largest absolute Gasteiger partial charge is 0.480 e. The molecule has 33 heavy (non-hydrogen) atoms. The molecule has 1 atom stereocenters. The molecule has 0 aliphatic carbocycles. The topological polar surface area (TPSA) is 66.8 Å². The van der Waals surface area contributed by atoms with Gasteiger partial charge in [0, 0.05) is 11.4 Å². The Bertz CT molecular complexity index is 1250. The zero-order valence-electron chi connectivity index (χ0n) is 17.2. The zero-order chi connectivity index (χ0) is 23.4. The van der Waals surface area contributed by atoms with Crippen LogP contribution in [0.1, 0.15) is 11.1 Å². The maximum absolute atomic E-state index is 13.1. The van der Waals surface area contributed by atoms with Gasteiger partial charge < -0.3 is 9.84 Å². The third kappa shape index (κ3) is 5.63. The van der Waals surface area contributed by atoms with Crippen LogP contribution in [0.3, 0.4) is 0 Å². The van der Waals surface area contributed by atoms with Gasteiger partial charge in [0.1, 0.15) is 21.9 Å². The lowest BCUT2D eigenvalue weighted by Crippen LogP contribution is -2.45. The van der Waals surface area contributed by atoms with Gasteiger partial charge >= 0.3 is 5.97 Å². The van der Waals surface area contributed by atoms with Crippen molar-refractivity contribution in [1.82, 2.24) is 4.90 Å². The van der Waals surface area contributed by atoms with Crippen molar-refractivity contribution in [2.45, 2.75) is 12.5 Å². The van der Waals surface area contributed by atoms with Crippen molar-refractivity contribution >= 4 is 57.9 Å². The van der Waals surface area contributed by atoms with Gasteiger partial charge in [-0.2, -0.15) is 0 Å². The number of aliphatic carboxylic acids is 1. The highest BCUT2D eigenvalue weighted by atomic mass is 35.5. The van der Waals surface area contributed by atoms with Gasteiger partial charge in [-0.1, -0.05) is 84.1 Å². The highest BCUT2D eigenvalue weighted by Gasteiger charge is 2.40. The minimum absolute atomic E-state index is 0.166. The van der Waals surface area contributed by atoms with Crippen molar-refractivity contribution in [2.75, 3.05) is 0 Å². The van der Waals surface area contributed by atoms with E-state index in [1.807, 2.05) is 42.5 Å². The molecule has 1 fully saturated rings. The summed E-state index contributed by atoms with van der Waals surface area (Å²) in [6, 6.07) is 22.4. The summed E-state index contributed by atoms with van der Waals surface area (Å²) < 4.78 is 6.07. The van der Waals surface area contributed by atoms with E-state index in [-0.39, 0.29) is 10.7 Å².